The maximum absolute atomic E-state index is 2.94. The third kappa shape index (κ3) is 5.22. The van der Waals surface area contributed by atoms with Crippen molar-refractivity contribution < 1.29 is 0 Å². The average Bonchev–Trinajstić information content (AvgIpc) is 3.68. The maximum atomic E-state index is 2.94. The average molecular weight is 860 g/mol. The molecule has 4 aliphatic heterocycles. The fourth-order valence-corrected chi connectivity index (χ4v) is 14.5. The first-order chi connectivity index (χ1) is 31.8. The van der Waals surface area contributed by atoms with E-state index in [0.29, 0.717) is 0 Å². The molecule has 0 N–H and O–H groups in total. The number of anilines is 7. The predicted octanol–water partition coefficient (Wildman–Crippen LogP) is 14.4. The van der Waals surface area contributed by atoms with Crippen LogP contribution in [0.4, 0.5) is 39.8 Å². The third-order valence-electron chi connectivity index (χ3n) is 18.5. The summed E-state index contributed by atoms with van der Waals surface area (Å²) >= 11 is 0. The van der Waals surface area contributed by atoms with Gasteiger partial charge in [0, 0.05) is 50.6 Å². The van der Waals surface area contributed by atoms with Crippen LogP contribution in [0.3, 0.4) is 0 Å². The van der Waals surface area contributed by atoms with Crippen LogP contribution in [0.15, 0.2) is 152 Å². The minimum atomic E-state index is -0.0854. The van der Waals surface area contributed by atoms with E-state index in [-0.39, 0.29) is 34.0 Å². The van der Waals surface area contributed by atoms with Gasteiger partial charge in [-0.1, -0.05) is 176 Å². The molecule has 6 aliphatic rings. The van der Waals surface area contributed by atoms with Crippen LogP contribution in [-0.4, -0.2) is 17.8 Å². The van der Waals surface area contributed by atoms with Gasteiger partial charge in [0.15, 0.2) is 0 Å². The highest BCUT2D eigenvalue weighted by Crippen LogP contribution is 2.65. The van der Waals surface area contributed by atoms with E-state index >= 15 is 0 Å². The molecule has 0 bridgehead atoms. The SMILES string of the molecule is CC(C)(C)c1cc2c3c(c1)C1(C)CCCCC1(C)N3c1cc(N3c4ccccc4C4(C)CCCCC34C)cc3c1B2c1ccc(-c2ccccc2)cc1N3c1cccc(-c2ccccc2)c1. The van der Waals surface area contributed by atoms with Crippen LogP contribution in [0, 0.1) is 0 Å². The Labute approximate surface area is 393 Å². The fraction of sp³-hybridized carbons (Fsp3) is 0.323. The van der Waals surface area contributed by atoms with E-state index in [9.17, 15) is 0 Å². The molecule has 4 heterocycles. The molecule has 13 rings (SSSR count). The van der Waals surface area contributed by atoms with E-state index in [0.717, 1.165) is 0 Å². The summed E-state index contributed by atoms with van der Waals surface area (Å²) in [5.41, 5.74) is 23.1. The first-order valence-corrected chi connectivity index (χ1v) is 25.1. The minimum Gasteiger partial charge on any atom is -0.335 e. The summed E-state index contributed by atoms with van der Waals surface area (Å²) in [7, 11) is 0. The lowest BCUT2D eigenvalue weighted by atomic mass is 9.33. The molecule has 66 heavy (non-hydrogen) atoms. The van der Waals surface area contributed by atoms with Gasteiger partial charge in [-0.05, 0) is 137 Å². The maximum Gasteiger partial charge on any atom is 0.252 e. The topological polar surface area (TPSA) is 9.72 Å². The van der Waals surface area contributed by atoms with Crippen molar-refractivity contribution in [2.75, 3.05) is 14.7 Å². The van der Waals surface area contributed by atoms with Crippen molar-refractivity contribution in [3.8, 4) is 22.3 Å². The van der Waals surface area contributed by atoms with Gasteiger partial charge in [-0.25, -0.2) is 0 Å². The number of nitrogens with zero attached hydrogens (tertiary/aromatic N) is 3. The van der Waals surface area contributed by atoms with Crippen LogP contribution in [0.5, 0.6) is 0 Å². The normalized spacial score (nSPS) is 25.4. The van der Waals surface area contributed by atoms with E-state index in [1.54, 1.807) is 5.56 Å². The molecule has 0 aromatic heterocycles. The predicted molar refractivity (Wildman–Crippen MR) is 281 cm³/mol. The number of para-hydroxylation sites is 1. The summed E-state index contributed by atoms with van der Waals surface area (Å²) in [6.07, 6.45) is 9.81. The van der Waals surface area contributed by atoms with Crippen LogP contribution in [0.2, 0.25) is 0 Å². The quantitative estimate of drug-likeness (QED) is 0.163. The summed E-state index contributed by atoms with van der Waals surface area (Å²) in [5.74, 6) is 0. The molecule has 4 heteroatoms. The summed E-state index contributed by atoms with van der Waals surface area (Å²) in [5, 5.41) is 0. The standard InChI is InChI=1S/C62H62BN3/c1-58(2,3)45-37-49-57-51(38-45)63-50-30-29-44(42-23-12-9-13-24-42)36-53(50)64(46-26-20-25-43(35-46)41-21-10-8-11-22-41)54-39-47(40-55(56(54)63)66(57)62(7)34-19-17-32-60(49,62)5)65-52-28-15-14-27-48(52)59(4)31-16-18-33-61(59,65)6/h8-15,20-30,35-40H,16-19,31-34H2,1-7H3. The molecule has 7 aromatic carbocycles. The van der Waals surface area contributed by atoms with Crippen molar-refractivity contribution in [1.82, 2.24) is 0 Å². The number of rotatable bonds is 4. The van der Waals surface area contributed by atoms with Crippen LogP contribution in [0.25, 0.3) is 22.3 Å². The van der Waals surface area contributed by atoms with Crippen LogP contribution < -0.4 is 31.1 Å². The molecule has 2 aliphatic carbocycles. The number of hydrogen-bond donors (Lipinski definition) is 0. The van der Waals surface area contributed by atoms with Gasteiger partial charge in [-0.2, -0.15) is 0 Å². The molecule has 4 atom stereocenters. The van der Waals surface area contributed by atoms with Gasteiger partial charge in [-0.15, -0.1) is 0 Å². The van der Waals surface area contributed by atoms with E-state index < -0.39 is 0 Å². The zero-order chi connectivity index (χ0) is 45.0. The Morgan fingerprint density at radius 3 is 1.73 bits per heavy atom. The zero-order valence-corrected chi connectivity index (χ0v) is 40.0. The van der Waals surface area contributed by atoms with Crippen LogP contribution in [-0.2, 0) is 16.2 Å². The summed E-state index contributed by atoms with van der Waals surface area (Å²) in [6.45, 7) is 17.8. The van der Waals surface area contributed by atoms with Crippen molar-refractivity contribution >= 4 is 62.9 Å². The van der Waals surface area contributed by atoms with E-state index in [4.69, 9.17) is 0 Å². The molecule has 2 fully saturated rings. The zero-order valence-electron chi connectivity index (χ0n) is 40.0. The van der Waals surface area contributed by atoms with Crippen molar-refractivity contribution in [3.63, 3.8) is 0 Å². The second kappa shape index (κ2) is 13.8. The van der Waals surface area contributed by atoms with Crippen LogP contribution >= 0.6 is 0 Å². The van der Waals surface area contributed by atoms with E-state index in [2.05, 4.69) is 215 Å². The summed E-state index contributed by atoms with van der Waals surface area (Å²) in [4.78, 5) is 8.45. The summed E-state index contributed by atoms with van der Waals surface area (Å²) < 4.78 is 0. The van der Waals surface area contributed by atoms with Gasteiger partial charge in [0.1, 0.15) is 0 Å². The van der Waals surface area contributed by atoms with Crippen LogP contribution in [0.1, 0.15) is 117 Å². The van der Waals surface area contributed by atoms with Gasteiger partial charge in [0.05, 0.1) is 11.1 Å². The lowest BCUT2D eigenvalue weighted by Gasteiger charge is -2.53. The van der Waals surface area contributed by atoms with Gasteiger partial charge < -0.3 is 14.7 Å². The Balaban J connectivity index is 1.17. The number of hydrogen-bond acceptors (Lipinski definition) is 3. The highest BCUT2D eigenvalue weighted by atomic mass is 15.3. The van der Waals surface area contributed by atoms with Crippen molar-refractivity contribution in [2.45, 2.75) is 127 Å². The highest BCUT2D eigenvalue weighted by molar-refractivity contribution is 7.00. The molecular formula is C62H62BN3. The molecule has 0 saturated heterocycles. The smallest absolute Gasteiger partial charge is 0.252 e. The van der Waals surface area contributed by atoms with Crippen molar-refractivity contribution in [2.24, 2.45) is 0 Å². The number of fused-ring (bicyclic) bond motifs is 10. The molecule has 4 unspecified atom stereocenters. The Bertz CT molecular complexity index is 3130. The summed E-state index contributed by atoms with van der Waals surface area (Å²) in [6, 6.07) is 58.8. The minimum absolute atomic E-state index is 0.00282. The molecule has 7 aromatic rings. The number of benzene rings is 7. The molecule has 0 radical (unpaired) electrons. The second-order valence-electron chi connectivity index (χ2n) is 22.7. The Morgan fingerprint density at radius 2 is 1.03 bits per heavy atom. The lowest BCUT2D eigenvalue weighted by molar-refractivity contribution is 0.194. The molecule has 0 spiro atoms. The van der Waals surface area contributed by atoms with E-state index in [1.165, 1.54) is 141 Å². The van der Waals surface area contributed by atoms with Gasteiger partial charge in [0.2, 0.25) is 0 Å². The highest BCUT2D eigenvalue weighted by Gasteiger charge is 2.63. The Hall–Kier alpha value is -6.00. The molecule has 3 nitrogen and oxygen atoms in total. The van der Waals surface area contributed by atoms with E-state index in [1.807, 2.05) is 0 Å². The lowest BCUT2D eigenvalue weighted by Crippen LogP contribution is -2.64. The molecular weight excluding hydrogens is 798 g/mol. The third-order valence-corrected chi connectivity index (χ3v) is 18.5. The molecule has 2 saturated carbocycles. The monoisotopic (exact) mass is 860 g/mol. The Kier molecular flexibility index (Phi) is 8.42. The fourth-order valence-electron chi connectivity index (χ4n) is 14.5. The first kappa shape index (κ1) is 40.3. The molecule has 328 valence electrons. The first-order valence-electron chi connectivity index (χ1n) is 25.1. The van der Waals surface area contributed by atoms with Gasteiger partial charge in [-0.3, -0.25) is 0 Å². The van der Waals surface area contributed by atoms with Crippen molar-refractivity contribution in [1.29, 1.82) is 0 Å². The van der Waals surface area contributed by atoms with Gasteiger partial charge >= 0.3 is 0 Å². The largest absolute Gasteiger partial charge is 0.335 e. The molecule has 0 amide bonds. The van der Waals surface area contributed by atoms with Gasteiger partial charge in [0.25, 0.3) is 6.71 Å². The second-order valence-corrected chi connectivity index (χ2v) is 22.7. The Morgan fingerprint density at radius 1 is 0.439 bits per heavy atom. The van der Waals surface area contributed by atoms with Crippen molar-refractivity contribution in [3.05, 3.63) is 168 Å².